The molecule has 264 valence electrons. The SMILES string of the molecule is COc1cc(/N=N/c2ccc(S(=O)(=O)Nc3ccc(O)cc3)cc2)c(C)cc1N/N=C1/C(=O)c2ccc(Nc3ccccc3)cc2C=C1S(=O)(=O)O. The fourth-order valence-electron chi connectivity index (χ4n) is 5.11. The van der Waals surface area contributed by atoms with E-state index in [2.05, 4.69) is 30.8 Å². The van der Waals surface area contributed by atoms with E-state index in [1.807, 2.05) is 30.3 Å². The maximum absolute atomic E-state index is 13.5. The lowest BCUT2D eigenvalue weighted by molar-refractivity contribution is 0.106. The van der Waals surface area contributed by atoms with Gasteiger partial charge in [-0.05, 0) is 109 Å². The number of carbonyl (C=O) groups excluding carboxylic acids is 1. The van der Waals surface area contributed by atoms with Gasteiger partial charge in [0.1, 0.15) is 16.4 Å². The van der Waals surface area contributed by atoms with Gasteiger partial charge in [-0.2, -0.15) is 23.7 Å². The molecule has 6 rings (SSSR count). The van der Waals surface area contributed by atoms with Gasteiger partial charge in [-0.15, -0.1) is 0 Å². The van der Waals surface area contributed by atoms with Crippen LogP contribution in [-0.4, -0.2) is 45.1 Å². The highest BCUT2D eigenvalue weighted by atomic mass is 32.2. The van der Waals surface area contributed by atoms with Gasteiger partial charge in [-0.25, -0.2) is 8.42 Å². The van der Waals surface area contributed by atoms with Gasteiger partial charge in [0.05, 0.1) is 29.1 Å². The number of para-hydroxylation sites is 1. The normalized spacial score (nSPS) is 13.8. The number of aromatic hydroxyl groups is 1. The summed E-state index contributed by atoms with van der Waals surface area (Å²) in [6, 6.07) is 28.5. The fraction of sp³-hybridized carbons (Fsp3) is 0.0556. The van der Waals surface area contributed by atoms with E-state index in [-0.39, 0.29) is 38.9 Å². The number of ether oxygens (including phenoxy) is 1. The number of fused-ring (bicyclic) bond motifs is 1. The molecule has 0 saturated carbocycles. The van der Waals surface area contributed by atoms with Gasteiger partial charge in [0.2, 0.25) is 5.78 Å². The third-order valence-electron chi connectivity index (χ3n) is 7.72. The van der Waals surface area contributed by atoms with Crippen LogP contribution in [0.1, 0.15) is 21.5 Å². The number of phenols is 1. The standard InChI is InChI=1S/C36H30N6O8S2/c1-22-18-32(33(50-2)21-31(22)39-38-25-10-15-29(16-11-25)51(45,46)42-26-8-13-28(43)14-9-26)40-41-35-34(52(47,48)49)20-23-19-27(12-17-30(23)36(35)44)37-24-6-4-3-5-7-24/h3-21,37,40,42-43H,1-2H3,(H,47,48,49)/b39-38+,41-35+. The van der Waals surface area contributed by atoms with E-state index in [9.17, 15) is 31.3 Å². The molecule has 5 N–H and O–H groups in total. The van der Waals surface area contributed by atoms with Gasteiger partial charge < -0.3 is 15.2 Å². The van der Waals surface area contributed by atoms with Crippen molar-refractivity contribution in [3.05, 3.63) is 131 Å². The summed E-state index contributed by atoms with van der Waals surface area (Å²) < 4.78 is 68.4. The highest BCUT2D eigenvalue weighted by Gasteiger charge is 2.33. The number of Topliss-reactive ketones (excluding diaryl/α,β-unsaturated/α-hetero) is 1. The van der Waals surface area contributed by atoms with Crippen molar-refractivity contribution in [2.24, 2.45) is 15.3 Å². The Hall–Kier alpha value is -6.36. The lowest BCUT2D eigenvalue weighted by atomic mass is 9.94. The summed E-state index contributed by atoms with van der Waals surface area (Å²) in [6.07, 6.45) is 1.18. The van der Waals surface area contributed by atoms with E-state index >= 15 is 0 Å². The first-order valence-electron chi connectivity index (χ1n) is 15.4. The average Bonchev–Trinajstić information content (AvgIpc) is 3.11. The number of benzene rings is 5. The van der Waals surface area contributed by atoms with Gasteiger partial charge in [-0.1, -0.05) is 18.2 Å². The average molecular weight is 739 g/mol. The van der Waals surface area contributed by atoms with Crippen molar-refractivity contribution < 1.29 is 36.0 Å². The van der Waals surface area contributed by atoms with Crippen molar-refractivity contribution in [1.82, 2.24) is 0 Å². The number of nitrogens with zero attached hydrogens (tertiary/aromatic N) is 3. The summed E-state index contributed by atoms with van der Waals surface area (Å²) in [6.45, 7) is 1.73. The summed E-state index contributed by atoms with van der Waals surface area (Å²) >= 11 is 0. The van der Waals surface area contributed by atoms with Crippen molar-refractivity contribution >= 4 is 71.8 Å². The Morgan fingerprint density at radius 1 is 0.769 bits per heavy atom. The molecule has 0 spiro atoms. The summed E-state index contributed by atoms with van der Waals surface area (Å²) in [5.41, 5.74) is 5.91. The van der Waals surface area contributed by atoms with Crippen molar-refractivity contribution in [3.8, 4) is 11.5 Å². The second kappa shape index (κ2) is 14.5. The summed E-state index contributed by atoms with van der Waals surface area (Å²) in [5, 5.41) is 25.2. The number of carbonyl (C=O) groups is 1. The van der Waals surface area contributed by atoms with Crippen molar-refractivity contribution in [1.29, 1.82) is 0 Å². The largest absolute Gasteiger partial charge is 0.508 e. The minimum Gasteiger partial charge on any atom is -0.508 e. The molecule has 0 unspecified atom stereocenters. The number of phenolic OH excluding ortho intramolecular Hbond substituents is 1. The molecule has 0 aromatic heterocycles. The molecule has 0 fully saturated rings. The fourth-order valence-corrected chi connectivity index (χ4v) is 6.83. The Kier molecular flexibility index (Phi) is 9.87. The monoisotopic (exact) mass is 738 g/mol. The highest BCUT2D eigenvalue weighted by Crippen LogP contribution is 2.35. The summed E-state index contributed by atoms with van der Waals surface area (Å²) in [5.74, 6) is -0.491. The molecular formula is C36H30N6O8S2. The van der Waals surface area contributed by atoms with Crippen LogP contribution in [-0.2, 0) is 20.1 Å². The molecule has 0 radical (unpaired) electrons. The van der Waals surface area contributed by atoms with E-state index in [0.717, 1.165) is 5.69 Å². The summed E-state index contributed by atoms with van der Waals surface area (Å²) in [7, 11) is -7.38. The second-order valence-electron chi connectivity index (χ2n) is 11.4. The van der Waals surface area contributed by atoms with Crippen LogP contribution < -0.4 is 20.2 Å². The van der Waals surface area contributed by atoms with Crippen LogP contribution in [0.15, 0.2) is 134 Å². The molecule has 0 saturated heterocycles. The minimum absolute atomic E-state index is 0.00592. The van der Waals surface area contributed by atoms with Crippen LogP contribution in [0.2, 0.25) is 0 Å². The Morgan fingerprint density at radius 3 is 2.13 bits per heavy atom. The Balaban J connectivity index is 1.21. The molecule has 52 heavy (non-hydrogen) atoms. The molecular weight excluding hydrogens is 709 g/mol. The number of hydrazone groups is 1. The van der Waals surface area contributed by atoms with E-state index in [1.165, 1.54) is 61.7 Å². The zero-order chi connectivity index (χ0) is 37.0. The van der Waals surface area contributed by atoms with Gasteiger partial charge in [-0.3, -0.25) is 19.5 Å². The quantitative estimate of drug-likeness (QED) is 0.0389. The number of anilines is 4. The number of methoxy groups -OCH3 is 1. The van der Waals surface area contributed by atoms with Crippen molar-refractivity contribution in [2.45, 2.75) is 11.8 Å². The van der Waals surface area contributed by atoms with E-state index in [4.69, 9.17) is 4.74 Å². The van der Waals surface area contributed by atoms with Crippen molar-refractivity contribution in [3.63, 3.8) is 0 Å². The Morgan fingerprint density at radius 2 is 1.46 bits per heavy atom. The zero-order valence-electron chi connectivity index (χ0n) is 27.5. The predicted molar refractivity (Wildman–Crippen MR) is 198 cm³/mol. The van der Waals surface area contributed by atoms with Crippen LogP contribution in [0.5, 0.6) is 11.5 Å². The number of hydrogen-bond acceptors (Lipinski definition) is 12. The molecule has 16 heteroatoms. The van der Waals surface area contributed by atoms with E-state index in [0.29, 0.717) is 22.6 Å². The number of azo groups is 1. The first-order valence-corrected chi connectivity index (χ1v) is 18.3. The Labute approximate surface area is 299 Å². The molecule has 5 aromatic carbocycles. The van der Waals surface area contributed by atoms with E-state index in [1.54, 1.807) is 37.3 Å². The van der Waals surface area contributed by atoms with Crippen LogP contribution in [0, 0.1) is 6.92 Å². The number of allylic oxidation sites excluding steroid dienone is 1. The Bertz CT molecular complexity index is 2490. The first kappa shape index (κ1) is 35.5. The van der Waals surface area contributed by atoms with Gasteiger partial charge in [0.25, 0.3) is 20.1 Å². The predicted octanol–water partition coefficient (Wildman–Crippen LogP) is 7.56. The van der Waals surface area contributed by atoms with Crippen LogP contribution in [0.4, 0.5) is 34.1 Å². The van der Waals surface area contributed by atoms with Crippen LogP contribution >= 0.6 is 0 Å². The van der Waals surface area contributed by atoms with Crippen LogP contribution in [0.3, 0.4) is 0 Å². The van der Waals surface area contributed by atoms with Crippen molar-refractivity contribution in [2.75, 3.05) is 22.6 Å². The van der Waals surface area contributed by atoms with Gasteiger partial charge >= 0.3 is 0 Å². The van der Waals surface area contributed by atoms with Gasteiger partial charge in [0, 0.05) is 28.7 Å². The number of ketones is 1. The van der Waals surface area contributed by atoms with E-state index < -0.39 is 36.5 Å². The second-order valence-corrected chi connectivity index (χ2v) is 14.4. The molecule has 0 heterocycles. The topological polar surface area (TPSA) is 208 Å². The molecule has 14 nitrogen and oxygen atoms in total. The van der Waals surface area contributed by atoms with Gasteiger partial charge in [0.15, 0.2) is 5.71 Å². The minimum atomic E-state index is -4.87. The molecule has 0 atom stereocenters. The lowest BCUT2D eigenvalue weighted by Crippen LogP contribution is -2.27. The zero-order valence-corrected chi connectivity index (χ0v) is 29.1. The molecule has 5 aromatic rings. The molecule has 1 aliphatic rings. The molecule has 0 bridgehead atoms. The third kappa shape index (κ3) is 7.99. The molecule has 0 aliphatic heterocycles. The highest BCUT2D eigenvalue weighted by molar-refractivity contribution is 7.92. The third-order valence-corrected chi connectivity index (χ3v) is 9.98. The molecule has 0 amide bonds. The smallest absolute Gasteiger partial charge is 0.296 e. The number of hydrogen-bond donors (Lipinski definition) is 5. The van der Waals surface area contributed by atoms with Crippen LogP contribution in [0.25, 0.3) is 6.08 Å². The molecule has 1 aliphatic carbocycles. The number of aryl methyl sites for hydroxylation is 1. The number of nitrogens with one attached hydrogen (secondary N) is 3. The maximum Gasteiger partial charge on any atom is 0.296 e. The lowest BCUT2D eigenvalue weighted by Gasteiger charge is -2.18. The number of rotatable bonds is 11. The maximum atomic E-state index is 13.5. The first-order chi connectivity index (χ1) is 24.8. The number of sulfonamides is 1. The summed E-state index contributed by atoms with van der Waals surface area (Å²) in [4.78, 5) is 12.8.